The van der Waals surface area contributed by atoms with Crippen LogP contribution in [0.4, 0.5) is 4.39 Å². The third-order valence-electron chi connectivity index (χ3n) is 6.73. The highest BCUT2D eigenvalue weighted by Crippen LogP contribution is 2.34. The number of carbonyl (C=O) groups is 2. The summed E-state index contributed by atoms with van der Waals surface area (Å²) in [5.41, 5.74) is 1.06. The number of amides is 2. The minimum Gasteiger partial charge on any atom is -0.496 e. The SMILES string of the molecule is CC[C@@H]1[C@H](F)C(=O)N[C@@H]1COc1ncc(C#CC2CCNCC2)c2cc(C(=O)NC)c(OC)cc12. The van der Waals surface area contributed by atoms with Crippen molar-refractivity contribution < 1.29 is 23.5 Å². The number of rotatable bonds is 6. The molecule has 0 saturated carbocycles. The van der Waals surface area contributed by atoms with Crippen molar-refractivity contribution in [3.63, 3.8) is 0 Å². The molecule has 0 aliphatic carbocycles. The van der Waals surface area contributed by atoms with Crippen molar-refractivity contribution in [3.8, 4) is 23.5 Å². The lowest BCUT2D eigenvalue weighted by Crippen LogP contribution is -2.34. The predicted octanol–water partition coefficient (Wildman–Crippen LogP) is 2.20. The maximum Gasteiger partial charge on any atom is 0.255 e. The van der Waals surface area contributed by atoms with Crippen molar-refractivity contribution in [2.75, 3.05) is 33.9 Å². The van der Waals surface area contributed by atoms with Crippen molar-refractivity contribution in [1.82, 2.24) is 20.9 Å². The van der Waals surface area contributed by atoms with Crippen LogP contribution < -0.4 is 25.4 Å². The third-order valence-corrected chi connectivity index (χ3v) is 6.73. The van der Waals surface area contributed by atoms with E-state index in [4.69, 9.17) is 9.47 Å². The van der Waals surface area contributed by atoms with Crippen LogP contribution in [0, 0.1) is 23.7 Å². The van der Waals surface area contributed by atoms with Crippen LogP contribution in [-0.4, -0.2) is 62.9 Å². The van der Waals surface area contributed by atoms with Gasteiger partial charge in [0.1, 0.15) is 12.4 Å². The molecule has 2 saturated heterocycles. The first kappa shape index (κ1) is 24.7. The van der Waals surface area contributed by atoms with Crippen molar-refractivity contribution in [2.24, 2.45) is 11.8 Å². The zero-order chi connectivity index (χ0) is 24.9. The molecule has 8 nitrogen and oxygen atoms in total. The number of nitrogens with zero attached hydrogens (tertiary/aromatic N) is 1. The number of pyridine rings is 1. The normalized spacial score (nSPS) is 22.3. The molecular formula is C26H31FN4O4. The van der Waals surface area contributed by atoms with Crippen LogP contribution >= 0.6 is 0 Å². The fourth-order valence-electron chi connectivity index (χ4n) is 4.68. The molecule has 1 aromatic carbocycles. The number of piperidine rings is 1. The number of nitrogens with one attached hydrogen (secondary N) is 3. The van der Waals surface area contributed by atoms with Gasteiger partial charge in [-0.15, -0.1) is 0 Å². The zero-order valence-electron chi connectivity index (χ0n) is 20.2. The van der Waals surface area contributed by atoms with E-state index in [0.29, 0.717) is 45.9 Å². The number of alkyl halides is 1. The van der Waals surface area contributed by atoms with Crippen LogP contribution in [0.1, 0.15) is 42.1 Å². The van der Waals surface area contributed by atoms with Crippen LogP contribution in [0.25, 0.3) is 10.8 Å². The Morgan fingerprint density at radius 1 is 1.29 bits per heavy atom. The molecular weight excluding hydrogens is 451 g/mol. The molecule has 2 fully saturated rings. The van der Waals surface area contributed by atoms with Crippen LogP contribution in [0.5, 0.6) is 11.6 Å². The summed E-state index contributed by atoms with van der Waals surface area (Å²) < 4.78 is 25.7. The number of hydrogen-bond donors (Lipinski definition) is 3. The average Bonchev–Trinajstić information content (AvgIpc) is 3.17. The molecule has 3 heterocycles. The van der Waals surface area contributed by atoms with Gasteiger partial charge < -0.3 is 25.4 Å². The van der Waals surface area contributed by atoms with E-state index in [0.717, 1.165) is 25.9 Å². The predicted molar refractivity (Wildman–Crippen MR) is 130 cm³/mol. The highest BCUT2D eigenvalue weighted by atomic mass is 19.1. The quantitative estimate of drug-likeness (QED) is 0.546. The van der Waals surface area contributed by atoms with Crippen molar-refractivity contribution in [2.45, 2.75) is 38.4 Å². The molecule has 2 aliphatic rings. The molecule has 0 bridgehead atoms. The highest BCUT2D eigenvalue weighted by Gasteiger charge is 2.41. The molecule has 3 atom stereocenters. The molecule has 2 amide bonds. The molecule has 9 heteroatoms. The monoisotopic (exact) mass is 482 g/mol. The minimum absolute atomic E-state index is 0.0758. The standard InChI is InChI=1S/C26H31FN4O4/c1-4-17-21(31-25(33)23(17)27)14-35-26-19-12-22(34-3)20(24(32)28-2)11-18(19)16(13-30-26)6-5-15-7-9-29-10-8-15/h11-13,15,17,21,23,29H,4,7-10,14H2,1-3H3,(H,28,32)(H,31,33)/t17-,21+,23-/m0/s1. The Hall–Kier alpha value is -3.38. The van der Waals surface area contributed by atoms with E-state index >= 15 is 0 Å². The summed E-state index contributed by atoms with van der Waals surface area (Å²) in [5.74, 6) is 6.23. The second-order valence-corrected chi connectivity index (χ2v) is 8.85. The lowest BCUT2D eigenvalue weighted by molar-refractivity contribution is -0.123. The maximum absolute atomic E-state index is 14.2. The summed E-state index contributed by atoms with van der Waals surface area (Å²) in [4.78, 5) is 28.8. The first-order chi connectivity index (χ1) is 17.0. The van der Waals surface area contributed by atoms with Gasteiger partial charge >= 0.3 is 0 Å². The first-order valence-electron chi connectivity index (χ1n) is 12.0. The summed E-state index contributed by atoms with van der Waals surface area (Å²) in [6.45, 7) is 3.81. The fraction of sp³-hybridized carbons (Fsp3) is 0.500. The van der Waals surface area contributed by atoms with Gasteiger partial charge in [-0.25, -0.2) is 9.37 Å². The first-order valence-corrected chi connectivity index (χ1v) is 12.0. The van der Waals surface area contributed by atoms with E-state index in [-0.39, 0.29) is 12.5 Å². The van der Waals surface area contributed by atoms with Gasteiger partial charge in [0.25, 0.3) is 11.8 Å². The molecule has 2 aromatic rings. The Labute approximate surface area is 204 Å². The molecule has 1 aromatic heterocycles. The highest BCUT2D eigenvalue weighted by molar-refractivity contribution is 6.03. The van der Waals surface area contributed by atoms with E-state index in [9.17, 15) is 14.0 Å². The van der Waals surface area contributed by atoms with E-state index in [1.165, 1.54) is 7.11 Å². The molecule has 3 N–H and O–H groups in total. The average molecular weight is 483 g/mol. The van der Waals surface area contributed by atoms with Gasteiger partial charge in [0.15, 0.2) is 6.17 Å². The van der Waals surface area contributed by atoms with Crippen molar-refractivity contribution in [3.05, 3.63) is 29.5 Å². The van der Waals surface area contributed by atoms with Gasteiger partial charge in [-0.3, -0.25) is 9.59 Å². The summed E-state index contributed by atoms with van der Waals surface area (Å²) >= 11 is 0. The molecule has 0 spiro atoms. The van der Waals surface area contributed by atoms with Crippen LogP contribution in [0.15, 0.2) is 18.3 Å². The van der Waals surface area contributed by atoms with Gasteiger partial charge in [0, 0.05) is 35.9 Å². The van der Waals surface area contributed by atoms with Crippen LogP contribution in [-0.2, 0) is 4.79 Å². The Bertz CT molecular complexity index is 1170. The molecule has 0 radical (unpaired) electrons. The summed E-state index contributed by atoms with van der Waals surface area (Å²) in [7, 11) is 3.05. The number of benzene rings is 1. The Morgan fingerprint density at radius 2 is 2.06 bits per heavy atom. The van der Waals surface area contributed by atoms with Crippen LogP contribution in [0.2, 0.25) is 0 Å². The second-order valence-electron chi connectivity index (χ2n) is 8.85. The van der Waals surface area contributed by atoms with Gasteiger partial charge in [-0.1, -0.05) is 18.8 Å². The lowest BCUT2D eigenvalue weighted by atomic mass is 9.97. The zero-order valence-corrected chi connectivity index (χ0v) is 20.2. The van der Waals surface area contributed by atoms with Gasteiger partial charge in [0.05, 0.1) is 24.3 Å². The van der Waals surface area contributed by atoms with E-state index in [2.05, 4.69) is 32.8 Å². The molecule has 4 rings (SSSR count). The Balaban J connectivity index is 1.72. The summed E-state index contributed by atoms with van der Waals surface area (Å²) in [5, 5.41) is 9.98. The second kappa shape index (κ2) is 10.9. The number of methoxy groups -OCH3 is 1. The maximum atomic E-state index is 14.2. The number of ether oxygens (including phenoxy) is 2. The van der Waals surface area contributed by atoms with E-state index in [1.54, 1.807) is 25.4 Å². The molecule has 35 heavy (non-hydrogen) atoms. The Kier molecular flexibility index (Phi) is 7.71. The number of hydrogen-bond acceptors (Lipinski definition) is 6. The van der Waals surface area contributed by atoms with Gasteiger partial charge in [0.2, 0.25) is 5.88 Å². The van der Waals surface area contributed by atoms with Crippen LogP contribution in [0.3, 0.4) is 0 Å². The minimum atomic E-state index is -1.54. The molecule has 186 valence electrons. The fourth-order valence-corrected chi connectivity index (χ4v) is 4.68. The number of aromatic nitrogens is 1. The van der Waals surface area contributed by atoms with E-state index < -0.39 is 24.0 Å². The number of carbonyl (C=O) groups excluding carboxylic acids is 2. The third kappa shape index (κ3) is 5.17. The smallest absolute Gasteiger partial charge is 0.255 e. The summed E-state index contributed by atoms with van der Waals surface area (Å²) in [6, 6.07) is 2.99. The molecule has 0 unspecified atom stereocenters. The lowest BCUT2D eigenvalue weighted by Gasteiger charge is -2.19. The van der Waals surface area contributed by atoms with Crippen molar-refractivity contribution in [1.29, 1.82) is 0 Å². The summed E-state index contributed by atoms with van der Waals surface area (Å²) in [6.07, 6.45) is 2.57. The number of halogens is 1. The Morgan fingerprint density at radius 3 is 2.74 bits per heavy atom. The van der Waals surface area contributed by atoms with Crippen molar-refractivity contribution >= 4 is 22.6 Å². The largest absolute Gasteiger partial charge is 0.496 e. The molecule has 2 aliphatic heterocycles. The number of fused-ring (bicyclic) bond motifs is 1. The van der Waals surface area contributed by atoms with Gasteiger partial charge in [-0.2, -0.15) is 0 Å². The van der Waals surface area contributed by atoms with Gasteiger partial charge in [-0.05, 0) is 44.5 Å². The topological polar surface area (TPSA) is 102 Å². The van der Waals surface area contributed by atoms with E-state index in [1.807, 2.05) is 6.92 Å².